The number of anilines is 2. The summed E-state index contributed by atoms with van der Waals surface area (Å²) in [5.41, 5.74) is 2.51. The molecule has 6 nitrogen and oxygen atoms in total. The third kappa shape index (κ3) is 2.18. The largest absolute Gasteiger partial charge is 0.478 e. The summed E-state index contributed by atoms with van der Waals surface area (Å²) < 4.78 is 0. The summed E-state index contributed by atoms with van der Waals surface area (Å²) in [5, 5.41) is 14.5. The first-order valence-electron chi connectivity index (χ1n) is 6.01. The molecule has 0 saturated heterocycles. The molecule has 0 unspecified atom stereocenters. The average molecular weight is 269 g/mol. The minimum Gasteiger partial charge on any atom is -0.478 e. The van der Waals surface area contributed by atoms with Crippen molar-refractivity contribution in [1.82, 2.24) is 4.98 Å². The summed E-state index contributed by atoms with van der Waals surface area (Å²) in [4.78, 5) is 26.4. The molecule has 3 N–H and O–H groups in total. The molecule has 20 heavy (non-hydrogen) atoms. The zero-order chi connectivity index (χ0) is 14.1. The Morgan fingerprint density at radius 3 is 2.65 bits per heavy atom. The van der Waals surface area contributed by atoms with Gasteiger partial charge in [-0.1, -0.05) is 12.1 Å². The number of benzene rings is 1. The van der Waals surface area contributed by atoms with Gasteiger partial charge in [0.1, 0.15) is 5.82 Å². The number of fused-ring (bicyclic) bond motifs is 1. The highest BCUT2D eigenvalue weighted by Crippen LogP contribution is 2.28. The van der Waals surface area contributed by atoms with Gasteiger partial charge in [0, 0.05) is 11.8 Å². The standard InChI is InChI=1S/C14H11N3O3/c18-12-7-16-13-11(17-12)5-10(6-15-13)8-1-3-9(4-2-8)14(19)20/h1-6H,7H2,(H,15,16)(H,17,18)(H,19,20). The van der Waals surface area contributed by atoms with E-state index >= 15 is 0 Å². The van der Waals surface area contributed by atoms with Crippen molar-refractivity contribution in [2.24, 2.45) is 0 Å². The number of carbonyl (C=O) groups is 2. The molecular weight excluding hydrogens is 258 g/mol. The third-order valence-electron chi connectivity index (χ3n) is 3.04. The second-order valence-corrected chi connectivity index (χ2v) is 4.40. The maximum absolute atomic E-state index is 11.3. The van der Waals surface area contributed by atoms with Crippen LogP contribution in [0.25, 0.3) is 11.1 Å². The first kappa shape index (κ1) is 12.2. The molecule has 2 aromatic rings. The molecule has 0 fully saturated rings. The Hall–Kier alpha value is -2.89. The monoisotopic (exact) mass is 269 g/mol. The summed E-state index contributed by atoms with van der Waals surface area (Å²) in [6.45, 7) is 0.215. The van der Waals surface area contributed by atoms with Gasteiger partial charge >= 0.3 is 5.97 Å². The maximum Gasteiger partial charge on any atom is 0.335 e. The minimum atomic E-state index is -0.962. The molecule has 1 aromatic heterocycles. The molecule has 1 aromatic carbocycles. The topological polar surface area (TPSA) is 91.3 Å². The number of carbonyl (C=O) groups excluding carboxylic acids is 1. The van der Waals surface area contributed by atoms with Crippen LogP contribution in [-0.4, -0.2) is 28.5 Å². The molecule has 0 radical (unpaired) electrons. The molecule has 0 saturated carbocycles. The van der Waals surface area contributed by atoms with Gasteiger partial charge in [-0.25, -0.2) is 9.78 Å². The molecule has 0 aliphatic carbocycles. The number of hydrogen-bond donors (Lipinski definition) is 3. The number of rotatable bonds is 2. The fourth-order valence-corrected chi connectivity index (χ4v) is 2.02. The SMILES string of the molecule is O=C1CNc2ncc(-c3ccc(C(=O)O)cc3)cc2N1. The highest BCUT2D eigenvalue weighted by Gasteiger charge is 2.15. The molecule has 1 aliphatic heterocycles. The highest BCUT2D eigenvalue weighted by molar-refractivity contribution is 6.00. The van der Waals surface area contributed by atoms with Crippen LogP contribution in [0.2, 0.25) is 0 Å². The summed E-state index contributed by atoms with van der Waals surface area (Å²) in [7, 11) is 0. The molecule has 100 valence electrons. The van der Waals surface area contributed by atoms with Gasteiger partial charge < -0.3 is 15.7 Å². The molecule has 2 heterocycles. The number of aromatic carboxylic acids is 1. The van der Waals surface area contributed by atoms with Gasteiger partial charge in [-0.05, 0) is 23.8 Å². The van der Waals surface area contributed by atoms with Crippen LogP contribution in [0.1, 0.15) is 10.4 Å². The van der Waals surface area contributed by atoms with E-state index in [2.05, 4.69) is 15.6 Å². The Kier molecular flexibility index (Phi) is 2.83. The smallest absolute Gasteiger partial charge is 0.335 e. The number of pyridine rings is 1. The van der Waals surface area contributed by atoms with Crippen molar-refractivity contribution in [3.8, 4) is 11.1 Å². The molecular formula is C14H11N3O3. The van der Waals surface area contributed by atoms with Gasteiger partial charge in [-0.2, -0.15) is 0 Å². The maximum atomic E-state index is 11.3. The van der Waals surface area contributed by atoms with Crippen molar-refractivity contribution in [2.75, 3.05) is 17.2 Å². The number of hydrogen-bond acceptors (Lipinski definition) is 4. The lowest BCUT2D eigenvalue weighted by Gasteiger charge is -2.18. The summed E-state index contributed by atoms with van der Waals surface area (Å²) in [6, 6.07) is 8.31. The predicted molar refractivity (Wildman–Crippen MR) is 73.8 cm³/mol. The van der Waals surface area contributed by atoms with Crippen LogP contribution in [0.5, 0.6) is 0 Å². The first-order valence-corrected chi connectivity index (χ1v) is 6.01. The van der Waals surface area contributed by atoms with E-state index in [9.17, 15) is 9.59 Å². The Morgan fingerprint density at radius 1 is 1.20 bits per heavy atom. The zero-order valence-electron chi connectivity index (χ0n) is 10.4. The molecule has 1 amide bonds. The molecule has 0 spiro atoms. The van der Waals surface area contributed by atoms with Crippen LogP contribution in [0.15, 0.2) is 36.5 Å². The van der Waals surface area contributed by atoms with Crippen molar-refractivity contribution in [3.05, 3.63) is 42.1 Å². The highest BCUT2D eigenvalue weighted by atomic mass is 16.4. The van der Waals surface area contributed by atoms with Crippen molar-refractivity contribution >= 4 is 23.4 Å². The van der Waals surface area contributed by atoms with Gasteiger partial charge in [0.2, 0.25) is 5.91 Å². The van der Waals surface area contributed by atoms with Crippen LogP contribution in [0.3, 0.4) is 0 Å². The van der Waals surface area contributed by atoms with Crippen LogP contribution in [0.4, 0.5) is 11.5 Å². The average Bonchev–Trinajstić information content (AvgIpc) is 2.46. The van der Waals surface area contributed by atoms with Gasteiger partial charge in [0.25, 0.3) is 0 Å². The van der Waals surface area contributed by atoms with Crippen molar-refractivity contribution < 1.29 is 14.7 Å². The molecule has 0 bridgehead atoms. The second-order valence-electron chi connectivity index (χ2n) is 4.40. The van der Waals surface area contributed by atoms with Crippen molar-refractivity contribution in [3.63, 3.8) is 0 Å². The van der Waals surface area contributed by atoms with Gasteiger partial charge in [0.05, 0.1) is 17.8 Å². The molecule has 0 atom stereocenters. The summed E-state index contributed by atoms with van der Waals surface area (Å²) >= 11 is 0. The Bertz CT molecular complexity index is 695. The number of nitrogens with one attached hydrogen (secondary N) is 2. The van der Waals surface area contributed by atoms with Crippen LogP contribution in [-0.2, 0) is 4.79 Å². The van der Waals surface area contributed by atoms with Crippen LogP contribution < -0.4 is 10.6 Å². The number of amides is 1. The van der Waals surface area contributed by atoms with E-state index in [1.54, 1.807) is 18.3 Å². The Labute approximate surface area is 114 Å². The second kappa shape index (κ2) is 4.65. The Morgan fingerprint density at radius 2 is 1.95 bits per heavy atom. The third-order valence-corrected chi connectivity index (χ3v) is 3.04. The van der Waals surface area contributed by atoms with E-state index in [0.717, 1.165) is 11.1 Å². The Balaban J connectivity index is 1.96. The molecule has 3 rings (SSSR count). The number of carboxylic acid groups (broad SMARTS) is 1. The first-order chi connectivity index (χ1) is 9.63. The lowest BCUT2D eigenvalue weighted by molar-refractivity contribution is -0.114. The normalized spacial score (nSPS) is 13.1. The minimum absolute atomic E-state index is 0.113. The number of nitrogens with zero attached hydrogens (tertiary/aromatic N) is 1. The van der Waals surface area contributed by atoms with Crippen molar-refractivity contribution in [2.45, 2.75) is 0 Å². The summed E-state index contributed by atoms with van der Waals surface area (Å²) in [5.74, 6) is -0.440. The zero-order valence-corrected chi connectivity index (χ0v) is 10.4. The molecule has 6 heteroatoms. The van der Waals surface area contributed by atoms with E-state index < -0.39 is 5.97 Å². The van der Waals surface area contributed by atoms with E-state index in [1.807, 2.05) is 6.07 Å². The van der Waals surface area contributed by atoms with Crippen molar-refractivity contribution in [1.29, 1.82) is 0 Å². The van der Waals surface area contributed by atoms with E-state index in [1.165, 1.54) is 12.1 Å². The van der Waals surface area contributed by atoms with Gasteiger partial charge in [0.15, 0.2) is 0 Å². The molecule has 1 aliphatic rings. The summed E-state index contributed by atoms with van der Waals surface area (Å²) in [6.07, 6.45) is 1.68. The number of aromatic nitrogens is 1. The van der Waals surface area contributed by atoms with E-state index in [0.29, 0.717) is 11.5 Å². The predicted octanol–water partition coefficient (Wildman–Crippen LogP) is 1.81. The lowest BCUT2D eigenvalue weighted by atomic mass is 10.0. The van der Waals surface area contributed by atoms with Crippen LogP contribution in [0, 0.1) is 0 Å². The fourth-order valence-electron chi connectivity index (χ4n) is 2.02. The van der Waals surface area contributed by atoms with Gasteiger partial charge in [-0.15, -0.1) is 0 Å². The van der Waals surface area contributed by atoms with E-state index in [4.69, 9.17) is 5.11 Å². The van der Waals surface area contributed by atoms with Crippen LogP contribution >= 0.6 is 0 Å². The van der Waals surface area contributed by atoms with Gasteiger partial charge in [-0.3, -0.25) is 4.79 Å². The van der Waals surface area contributed by atoms with E-state index in [-0.39, 0.29) is 18.0 Å². The quantitative estimate of drug-likeness (QED) is 0.773. The number of carboxylic acids is 1. The fraction of sp³-hybridized carbons (Fsp3) is 0.0714. The lowest BCUT2D eigenvalue weighted by Crippen LogP contribution is -2.27.